The Bertz CT molecular complexity index is 1000. The summed E-state index contributed by atoms with van der Waals surface area (Å²) in [6.07, 6.45) is 0. The van der Waals surface area contributed by atoms with Gasteiger partial charge in [0.05, 0.1) is 25.5 Å². The van der Waals surface area contributed by atoms with Crippen molar-refractivity contribution in [3.8, 4) is 28.6 Å². The molecule has 0 spiro atoms. The van der Waals surface area contributed by atoms with Crippen LogP contribution in [0.2, 0.25) is 0 Å². The molecular formula is C18H16N4O3S. The molecule has 0 aliphatic carbocycles. The van der Waals surface area contributed by atoms with Crippen molar-refractivity contribution in [3.05, 3.63) is 48.0 Å². The minimum Gasteiger partial charge on any atom is -0.507 e. The first kappa shape index (κ1) is 16.5. The van der Waals surface area contributed by atoms with Crippen molar-refractivity contribution in [1.29, 1.82) is 0 Å². The number of fused-ring (bicyclic) bond motifs is 1. The van der Waals surface area contributed by atoms with Crippen molar-refractivity contribution in [2.24, 2.45) is 5.10 Å². The molecule has 0 atom stereocenters. The Morgan fingerprint density at radius 2 is 1.88 bits per heavy atom. The predicted molar refractivity (Wildman–Crippen MR) is 99.3 cm³/mol. The summed E-state index contributed by atoms with van der Waals surface area (Å²) in [5, 5.41) is 23.9. The van der Waals surface area contributed by atoms with Gasteiger partial charge in [-0.15, -0.1) is 10.2 Å². The van der Waals surface area contributed by atoms with E-state index in [1.54, 1.807) is 37.1 Å². The fourth-order valence-electron chi connectivity index (χ4n) is 2.73. The number of hydrogen-bond acceptors (Lipinski definition) is 7. The fraction of sp³-hybridized carbons (Fsp3) is 0.167. The molecule has 1 aromatic heterocycles. The minimum atomic E-state index is 0.133. The number of phenols is 1. The van der Waals surface area contributed by atoms with Gasteiger partial charge in [-0.3, -0.25) is 0 Å². The average Bonchev–Trinajstić information content (AvgIpc) is 3.10. The lowest BCUT2D eigenvalue weighted by Gasteiger charge is -2.17. The van der Waals surface area contributed by atoms with Crippen LogP contribution in [0.4, 0.5) is 0 Å². The molecule has 2 aromatic carbocycles. The fourth-order valence-corrected chi connectivity index (χ4v) is 3.56. The molecule has 1 aliphatic heterocycles. The zero-order chi connectivity index (χ0) is 18.1. The van der Waals surface area contributed by atoms with Crippen LogP contribution >= 0.6 is 11.8 Å². The van der Waals surface area contributed by atoms with E-state index < -0.39 is 0 Å². The molecule has 1 N–H and O–H groups in total. The van der Waals surface area contributed by atoms with Gasteiger partial charge in [0.15, 0.2) is 5.82 Å². The third-order valence-corrected chi connectivity index (χ3v) is 4.96. The van der Waals surface area contributed by atoms with Crippen LogP contribution in [0.1, 0.15) is 5.56 Å². The zero-order valence-corrected chi connectivity index (χ0v) is 15.0. The largest absolute Gasteiger partial charge is 0.507 e. The van der Waals surface area contributed by atoms with Gasteiger partial charge in [-0.1, -0.05) is 23.9 Å². The van der Waals surface area contributed by atoms with Crippen LogP contribution in [-0.2, 0) is 0 Å². The standard InChI is InChI=1S/C18H16N4O3S/c1-24-11-7-8-16(25-2)13(9-11)14-10-26-18-20-19-17(22(18)21-14)12-5-3-4-6-15(12)23/h3-9,23H,10H2,1-2H3. The second kappa shape index (κ2) is 6.72. The Morgan fingerprint density at radius 3 is 2.65 bits per heavy atom. The lowest BCUT2D eigenvalue weighted by molar-refractivity contribution is 0.402. The Hall–Kier alpha value is -3.00. The molecule has 26 heavy (non-hydrogen) atoms. The predicted octanol–water partition coefficient (Wildman–Crippen LogP) is 3.03. The Kier molecular flexibility index (Phi) is 4.26. The van der Waals surface area contributed by atoms with E-state index in [1.165, 1.54) is 11.8 Å². The van der Waals surface area contributed by atoms with Gasteiger partial charge < -0.3 is 14.6 Å². The summed E-state index contributed by atoms with van der Waals surface area (Å²) in [6.45, 7) is 0. The van der Waals surface area contributed by atoms with Crippen LogP contribution in [0.15, 0.2) is 52.7 Å². The molecule has 0 radical (unpaired) electrons. The lowest BCUT2D eigenvalue weighted by Crippen LogP contribution is -2.15. The number of rotatable bonds is 4. The zero-order valence-electron chi connectivity index (χ0n) is 14.2. The normalized spacial score (nSPS) is 13.1. The molecule has 2 heterocycles. The number of hydrogen-bond donors (Lipinski definition) is 1. The monoisotopic (exact) mass is 368 g/mol. The summed E-state index contributed by atoms with van der Waals surface area (Å²) >= 11 is 1.53. The SMILES string of the molecule is COc1ccc(OC)c(C2=Nn3c(nnc3-c3ccccc3O)SC2)c1. The van der Waals surface area contributed by atoms with Gasteiger partial charge in [0.1, 0.15) is 17.2 Å². The van der Waals surface area contributed by atoms with Crippen LogP contribution in [-0.4, -0.2) is 45.7 Å². The number of para-hydroxylation sites is 1. The van der Waals surface area contributed by atoms with Crippen LogP contribution in [0.25, 0.3) is 11.4 Å². The van der Waals surface area contributed by atoms with Gasteiger partial charge >= 0.3 is 0 Å². The highest BCUT2D eigenvalue weighted by Gasteiger charge is 2.23. The number of aromatic nitrogens is 3. The molecule has 7 nitrogen and oxygen atoms in total. The Balaban J connectivity index is 1.84. The van der Waals surface area contributed by atoms with E-state index in [-0.39, 0.29) is 5.75 Å². The van der Waals surface area contributed by atoms with Crippen LogP contribution < -0.4 is 9.47 Å². The molecule has 4 rings (SSSR count). The molecule has 8 heteroatoms. The summed E-state index contributed by atoms with van der Waals surface area (Å²) in [5.41, 5.74) is 2.24. The smallest absolute Gasteiger partial charge is 0.212 e. The number of methoxy groups -OCH3 is 2. The van der Waals surface area contributed by atoms with Gasteiger partial charge in [0, 0.05) is 11.3 Å². The average molecular weight is 368 g/mol. The van der Waals surface area contributed by atoms with Crippen molar-refractivity contribution in [2.45, 2.75) is 5.16 Å². The molecule has 0 fully saturated rings. The highest BCUT2D eigenvalue weighted by Crippen LogP contribution is 2.34. The van der Waals surface area contributed by atoms with E-state index in [1.807, 2.05) is 24.3 Å². The Labute approximate surface area is 154 Å². The van der Waals surface area contributed by atoms with E-state index in [9.17, 15) is 5.11 Å². The molecule has 0 amide bonds. The summed E-state index contributed by atoms with van der Waals surface area (Å²) < 4.78 is 12.5. The molecule has 1 aliphatic rings. The summed E-state index contributed by atoms with van der Waals surface area (Å²) in [5.74, 6) is 2.69. The van der Waals surface area contributed by atoms with Crippen LogP contribution in [0.3, 0.4) is 0 Å². The highest BCUT2D eigenvalue weighted by atomic mass is 32.2. The van der Waals surface area contributed by atoms with Crippen LogP contribution in [0, 0.1) is 0 Å². The maximum atomic E-state index is 10.1. The third kappa shape index (κ3) is 2.78. The molecule has 0 saturated heterocycles. The number of thioether (sulfide) groups is 1. The molecular weight excluding hydrogens is 352 g/mol. The quantitative estimate of drug-likeness (QED) is 0.762. The van der Waals surface area contributed by atoms with E-state index in [0.29, 0.717) is 28.0 Å². The van der Waals surface area contributed by atoms with Crippen molar-refractivity contribution in [1.82, 2.24) is 14.9 Å². The van der Waals surface area contributed by atoms with E-state index >= 15 is 0 Å². The first-order chi connectivity index (χ1) is 12.7. The van der Waals surface area contributed by atoms with Gasteiger partial charge in [-0.2, -0.15) is 9.78 Å². The number of phenolic OH excluding ortho intramolecular Hbond substituents is 1. The van der Waals surface area contributed by atoms with E-state index in [4.69, 9.17) is 14.6 Å². The molecule has 0 saturated carbocycles. The number of ether oxygens (including phenoxy) is 2. The molecule has 132 valence electrons. The van der Waals surface area contributed by atoms with Crippen molar-refractivity contribution >= 4 is 17.5 Å². The maximum absolute atomic E-state index is 10.1. The summed E-state index contributed by atoms with van der Waals surface area (Å²) in [4.78, 5) is 0. The molecule has 0 unspecified atom stereocenters. The van der Waals surface area contributed by atoms with E-state index in [0.717, 1.165) is 17.0 Å². The maximum Gasteiger partial charge on any atom is 0.212 e. The first-order valence-corrected chi connectivity index (χ1v) is 8.86. The van der Waals surface area contributed by atoms with Crippen molar-refractivity contribution in [3.63, 3.8) is 0 Å². The third-order valence-electron chi connectivity index (χ3n) is 4.03. The van der Waals surface area contributed by atoms with Gasteiger partial charge in [-0.05, 0) is 30.3 Å². The van der Waals surface area contributed by atoms with Crippen LogP contribution in [0.5, 0.6) is 17.2 Å². The first-order valence-electron chi connectivity index (χ1n) is 7.88. The number of benzene rings is 2. The second-order valence-corrected chi connectivity index (χ2v) is 6.48. The summed E-state index contributed by atoms with van der Waals surface area (Å²) in [7, 11) is 3.25. The summed E-state index contributed by atoms with van der Waals surface area (Å²) in [6, 6.07) is 12.6. The Morgan fingerprint density at radius 1 is 1.04 bits per heavy atom. The highest BCUT2D eigenvalue weighted by molar-refractivity contribution is 7.99. The van der Waals surface area contributed by atoms with E-state index in [2.05, 4.69) is 10.2 Å². The minimum absolute atomic E-state index is 0.133. The molecule has 0 bridgehead atoms. The van der Waals surface area contributed by atoms with Gasteiger partial charge in [0.25, 0.3) is 0 Å². The van der Waals surface area contributed by atoms with Gasteiger partial charge in [-0.25, -0.2) is 0 Å². The second-order valence-electron chi connectivity index (χ2n) is 5.54. The topological polar surface area (TPSA) is 81.8 Å². The number of nitrogens with zero attached hydrogens (tertiary/aromatic N) is 4. The molecule has 3 aromatic rings. The number of aromatic hydroxyl groups is 1. The van der Waals surface area contributed by atoms with Gasteiger partial charge in [0.2, 0.25) is 5.16 Å². The van der Waals surface area contributed by atoms with Crippen molar-refractivity contribution in [2.75, 3.05) is 20.0 Å². The lowest BCUT2D eigenvalue weighted by atomic mass is 10.1. The van der Waals surface area contributed by atoms with Crippen molar-refractivity contribution < 1.29 is 14.6 Å².